The molecule has 106 valence electrons. The number of benzene rings is 1. The van der Waals surface area contributed by atoms with Crippen LogP contribution >= 0.6 is 0 Å². The summed E-state index contributed by atoms with van der Waals surface area (Å²) in [6.45, 7) is 1.91. The van der Waals surface area contributed by atoms with E-state index in [2.05, 4.69) is 10.1 Å². The van der Waals surface area contributed by atoms with E-state index in [1.807, 2.05) is 25.1 Å². The third-order valence-corrected chi connectivity index (χ3v) is 3.47. The number of aromatic nitrogens is 3. The number of nitrogens with zero attached hydrogens (tertiary/aromatic N) is 3. The first-order valence-electron chi connectivity index (χ1n) is 6.58. The van der Waals surface area contributed by atoms with Gasteiger partial charge in [-0.1, -0.05) is 12.1 Å². The minimum absolute atomic E-state index is 0.301. The third kappa shape index (κ3) is 2.27. The summed E-state index contributed by atoms with van der Waals surface area (Å²) < 4.78 is 15.1. The summed E-state index contributed by atoms with van der Waals surface area (Å²) in [5.74, 6) is 0.198. The van der Waals surface area contributed by atoms with Crippen LogP contribution in [0, 0.1) is 12.7 Å². The summed E-state index contributed by atoms with van der Waals surface area (Å²) >= 11 is 0. The van der Waals surface area contributed by atoms with Crippen LogP contribution in [0.4, 0.5) is 10.2 Å². The molecule has 3 rings (SSSR count). The largest absolute Gasteiger partial charge is 0.383 e. The fourth-order valence-electron chi connectivity index (χ4n) is 2.39. The average molecular weight is 282 g/mol. The zero-order valence-electron chi connectivity index (χ0n) is 11.8. The van der Waals surface area contributed by atoms with Crippen LogP contribution in [0.1, 0.15) is 5.69 Å². The topological polar surface area (TPSA) is 56.7 Å². The van der Waals surface area contributed by atoms with Gasteiger partial charge in [0.1, 0.15) is 17.3 Å². The van der Waals surface area contributed by atoms with Crippen molar-refractivity contribution in [2.75, 3.05) is 5.73 Å². The maximum Gasteiger partial charge on any atom is 0.129 e. The molecule has 4 nitrogen and oxygen atoms in total. The highest BCUT2D eigenvalue weighted by Gasteiger charge is 2.19. The predicted octanol–water partition coefficient (Wildman–Crippen LogP) is 3.18. The van der Waals surface area contributed by atoms with Gasteiger partial charge in [-0.2, -0.15) is 5.10 Å². The van der Waals surface area contributed by atoms with E-state index in [9.17, 15) is 4.39 Å². The second-order valence-electron chi connectivity index (χ2n) is 4.88. The van der Waals surface area contributed by atoms with Gasteiger partial charge in [-0.3, -0.25) is 9.67 Å². The van der Waals surface area contributed by atoms with Crippen molar-refractivity contribution in [3.63, 3.8) is 0 Å². The lowest BCUT2D eigenvalue weighted by Crippen LogP contribution is -1.98. The standard InChI is InChI=1S/C16H15FN4/c1-10-13(7-4-8-19-10)15-14(16(18)21(2)20-15)11-5-3-6-12(17)9-11/h3-9H,18H2,1-2H3. The molecule has 0 atom stereocenters. The van der Waals surface area contributed by atoms with Crippen LogP contribution in [-0.4, -0.2) is 14.8 Å². The molecule has 0 amide bonds. The van der Waals surface area contributed by atoms with Gasteiger partial charge < -0.3 is 5.73 Å². The second-order valence-corrected chi connectivity index (χ2v) is 4.88. The molecular weight excluding hydrogens is 267 g/mol. The predicted molar refractivity (Wildman–Crippen MR) is 81.0 cm³/mol. The van der Waals surface area contributed by atoms with Crippen LogP contribution in [0.15, 0.2) is 42.6 Å². The van der Waals surface area contributed by atoms with Gasteiger partial charge in [0, 0.05) is 24.5 Å². The molecule has 0 saturated heterocycles. The maximum absolute atomic E-state index is 13.5. The zero-order valence-corrected chi connectivity index (χ0v) is 11.8. The normalized spacial score (nSPS) is 10.8. The number of anilines is 1. The van der Waals surface area contributed by atoms with E-state index in [1.54, 1.807) is 24.0 Å². The van der Waals surface area contributed by atoms with E-state index in [-0.39, 0.29) is 5.82 Å². The van der Waals surface area contributed by atoms with Crippen molar-refractivity contribution in [3.8, 4) is 22.4 Å². The Morgan fingerprint density at radius 1 is 1.19 bits per heavy atom. The van der Waals surface area contributed by atoms with Gasteiger partial charge in [-0.25, -0.2) is 4.39 Å². The van der Waals surface area contributed by atoms with Crippen molar-refractivity contribution >= 4 is 5.82 Å². The van der Waals surface area contributed by atoms with Gasteiger partial charge in [-0.05, 0) is 36.8 Å². The van der Waals surface area contributed by atoms with Crippen LogP contribution in [0.3, 0.4) is 0 Å². The lowest BCUT2D eigenvalue weighted by molar-refractivity contribution is 0.628. The molecule has 0 saturated carbocycles. The Kier molecular flexibility index (Phi) is 3.17. The van der Waals surface area contributed by atoms with Crippen molar-refractivity contribution in [3.05, 3.63) is 54.1 Å². The zero-order chi connectivity index (χ0) is 15.0. The highest BCUT2D eigenvalue weighted by molar-refractivity contribution is 5.88. The Labute approximate surface area is 122 Å². The summed E-state index contributed by atoms with van der Waals surface area (Å²) in [6, 6.07) is 10.1. The molecule has 3 aromatic rings. The summed E-state index contributed by atoms with van der Waals surface area (Å²) in [5.41, 5.74) is 10.0. The Bertz CT molecular complexity index is 808. The minimum atomic E-state index is -0.301. The number of halogens is 1. The van der Waals surface area contributed by atoms with E-state index >= 15 is 0 Å². The molecule has 21 heavy (non-hydrogen) atoms. The lowest BCUT2D eigenvalue weighted by Gasteiger charge is -2.06. The number of pyridine rings is 1. The smallest absolute Gasteiger partial charge is 0.129 e. The minimum Gasteiger partial charge on any atom is -0.383 e. The number of hydrogen-bond acceptors (Lipinski definition) is 3. The van der Waals surface area contributed by atoms with Gasteiger partial charge >= 0.3 is 0 Å². The number of rotatable bonds is 2. The molecule has 0 aliphatic carbocycles. The Balaban J connectivity index is 2.29. The van der Waals surface area contributed by atoms with Crippen molar-refractivity contribution in [1.29, 1.82) is 0 Å². The van der Waals surface area contributed by atoms with Gasteiger partial charge in [-0.15, -0.1) is 0 Å². The quantitative estimate of drug-likeness (QED) is 0.785. The fraction of sp³-hybridized carbons (Fsp3) is 0.125. The van der Waals surface area contributed by atoms with Crippen LogP contribution in [0.5, 0.6) is 0 Å². The van der Waals surface area contributed by atoms with Crippen LogP contribution in [-0.2, 0) is 7.05 Å². The Morgan fingerprint density at radius 3 is 2.71 bits per heavy atom. The first kappa shape index (κ1) is 13.3. The molecule has 1 aromatic carbocycles. The molecule has 0 bridgehead atoms. The van der Waals surface area contributed by atoms with Gasteiger partial charge in [0.25, 0.3) is 0 Å². The molecule has 0 spiro atoms. The molecule has 0 aliphatic heterocycles. The van der Waals surface area contributed by atoms with Gasteiger partial charge in [0.15, 0.2) is 0 Å². The van der Waals surface area contributed by atoms with Crippen LogP contribution in [0.2, 0.25) is 0 Å². The Hall–Kier alpha value is -2.69. The van der Waals surface area contributed by atoms with Crippen LogP contribution in [0.25, 0.3) is 22.4 Å². The number of nitrogens with two attached hydrogens (primary N) is 1. The van der Waals surface area contributed by atoms with E-state index in [0.29, 0.717) is 17.1 Å². The van der Waals surface area contributed by atoms with Crippen molar-refractivity contribution in [1.82, 2.24) is 14.8 Å². The lowest BCUT2D eigenvalue weighted by atomic mass is 10.00. The molecule has 2 heterocycles. The molecule has 0 aliphatic rings. The Morgan fingerprint density at radius 2 is 2.00 bits per heavy atom. The highest BCUT2D eigenvalue weighted by atomic mass is 19.1. The van der Waals surface area contributed by atoms with Gasteiger partial charge in [0.2, 0.25) is 0 Å². The van der Waals surface area contributed by atoms with E-state index in [4.69, 9.17) is 5.73 Å². The van der Waals surface area contributed by atoms with E-state index < -0.39 is 0 Å². The van der Waals surface area contributed by atoms with Crippen LogP contribution < -0.4 is 5.73 Å². The molecular formula is C16H15FN4. The third-order valence-electron chi connectivity index (χ3n) is 3.47. The molecule has 5 heteroatoms. The first-order chi connectivity index (χ1) is 10.1. The number of hydrogen-bond donors (Lipinski definition) is 1. The molecule has 0 radical (unpaired) electrons. The van der Waals surface area contributed by atoms with Crippen molar-refractivity contribution < 1.29 is 4.39 Å². The summed E-state index contributed by atoms with van der Waals surface area (Å²) in [7, 11) is 1.77. The fourth-order valence-corrected chi connectivity index (χ4v) is 2.39. The van der Waals surface area contributed by atoms with E-state index in [1.165, 1.54) is 12.1 Å². The summed E-state index contributed by atoms with van der Waals surface area (Å²) in [6.07, 6.45) is 1.73. The molecule has 0 unspecified atom stereocenters. The monoisotopic (exact) mass is 282 g/mol. The molecule has 0 fully saturated rings. The maximum atomic E-state index is 13.5. The first-order valence-corrected chi connectivity index (χ1v) is 6.58. The average Bonchev–Trinajstić information content (AvgIpc) is 2.75. The highest BCUT2D eigenvalue weighted by Crippen LogP contribution is 2.36. The second kappa shape index (κ2) is 5.01. The number of nitrogen functional groups attached to an aromatic ring is 1. The summed E-state index contributed by atoms with van der Waals surface area (Å²) in [5, 5.41) is 4.48. The molecule has 2 aromatic heterocycles. The summed E-state index contributed by atoms with van der Waals surface area (Å²) in [4.78, 5) is 4.28. The SMILES string of the molecule is Cc1ncccc1-c1nn(C)c(N)c1-c1cccc(F)c1. The molecule has 2 N–H and O–H groups in total. The van der Waals surface area contributed by atoms with Crippen molar-refractivity contribution in [2.45, 2.75) is 6.92 Å². The van der Waals surface area contributed by atoms with Crippen molar-refractivity contribution in [2.24, 2.45) is 7.05 Å². The van der Waals surface area contributed by atoms with E-state index in [0.717, 1.165) is 16.8 Å². The van der Waals surface area contributed by atoms with Gasteiger partial charge in [0.05, 0.1) is 5.56 Å². The number of aryl methyl sites for hydroxylation is 2.